The summed E-state index contributed by atoms with van der Waals surface area (Å²) in [6.07, 6.45) is 5.49. The van der Waals surface area contributed by atoms with Gasteiger partial charge in [0.1, 0.15) is 0 Å². The van der Waals surface area contributed by atoms with Gasteiger partial charge in [-0.2, -0.15) is 0 Å². The molecule has 4 nitrogen and oxygen atoms in total. The number of alkyl halides is 3. The van der Waals surface area contributed by atoms with Crippen molar-refractivity contribution in [3.05, 3.63) is 11.6 Å². The van der Waals surface area contributed by atoms with Crippen molar-refractivity contribution >= 4 is 46.9 Å². The molecule has 1 fully saturated rings. The number of fused-ring (bicyclic) bond motifs is 1. The van der Waals surface area contributed by atoms with Crippen molar-refractivity contribution in [1.29, 1.82) is 0 Å². The SMILES string of the molecule is CC1=C[C@H]2[C@@H](CC1)[C@H](C)CC[C@H]2[C@@H](C)C(=O)OC(=O)OC(C)(C)C(Cl)(Cl)Cl. The van der Waals surface area contributed by atoms with Crippen LogP contribution in [0.25, 0.3) is 0 Å². The van der Waals surface area contributed by atoms with E-state index < -0.39 is 27.4 Å². The van der Waals surface area contributed by atoms with Gasteiger partial charge in [0.15, 0.2) is 5.60 Å². The molecule has 0 unspecified atom stereocenters. The Hall–Kier alpha value is -0.450. The molecule has 5 atom stereocenters. The van der Waals surface area contributed by atoms with Crippen LogP contribution in [0.3, 0.4) is 0 Å². The molecule has 0 aromatic rings. The summed E-state index contributed by atoms with van der Waals surface area (Å²) >= 11 is 17.4. The maximum Gasteiger partial charge on any atom is 0.516 e. The van der Waals surface area contributed by atoms with Gasteiger partial charge in [0.25, 0.3) is 0 Å². The number of rotatable bonds is 3. The largest absolute Gasteiger partial charge is 0.516 e. The predicted molar refractivity (Wildman–Crippen MR) is 108 cm³/mol. The lowest BCUT2D eigenvalue weighted by Crippen LogP contribution is -2.43. The molecule has 0 aromatic carbocycles. The molecule has 0 N–H and O–H groups in total. The lowest BCUT2D eigenvalue weighted by Gasteiger charge is -2.45. The van der Waals surface area contributed by atoms with E-state index >= 15 is 0 Å². The highest BCUT2D eigenvalue weighted by Crippen LogP contribution is 2.48. The van der Waals surface area contributed by atoms with Crippen LogP contribution in [-0.2, 0) is 14.3 Å². The van der Waals surface area contributed by atoms with Crippen molar-refractivity contribution in [2.24, 2.45) is 29.6 Å². The van der Waals surface area contributed by atoms with E-state index in [1.54, 1.807) is 0 Å². The van der Waals surface area contributed by atoms with Gasteiger partial charge in [0, 0.05) is 0 Å². The molecule has 0 spiro atoms. The first-order chi connectivity index (χ1) is 12.3. The van der Waals surface area contributed by atoms with Crippen molar-refractivity contribution in [2.75, 3.05) is 0 Å². The number of hydrogen-bond donors (Lipinski definition) is 0. The van der Waals surface area contributed by atoms with Crippen molar-refractivity contribution in [1.82, 2.24) is 0 Å². The molecule has 27 heavy (non-hydrogen) atoms. The average molecular weight is 440 g/mol. The van der Waals surface area contributed by atoms with E-state index in [-0.39, 0.29) is 5.92 Å². The van der Waals surface area contributed by atoms with Crippen LogP contribution < -0.4 is 0 Å². The van der Waals surface area contributed by atoms with Gasteiger partial charge >= 0.3 is 12.1 Å². The smallest absolute Gasteiger partial charge is 0.423 e. The van der Waals surface area contributed by atoms with Gasteiger partial charge in [-0.3, -0.25) is 4.79 Å². The molecule has 0 saturated heterocycles. The summed E-state index contributed by atoms with van der Waals surface area (Å²) in [6, 6.07) is 0. The maximum atomic E-state index is 12.6. The van der Waals surface area contributed by atoms with E-state index in [1.165, 1.54) is 19.4 Å². The van der Waals surface area contributed by atoms with E-state index in [4.69, 9.17) is 44.3 Å². The maximum absolute atomic E-state index is 12.6. The standard InChI is InChI=1S/C20H29Cl3O4/c1-11-6-8-14-12(2)7-9-15(16(14)10-11)13(3)17(24)26-18(25)27-19(4,5)20(21,22)23/h10,12-16H,6-9H2,1-5H3/t12-,13-,14+,15+,16+/m1/s1. The normalized spacial score (nSPS) is 30.0. The van der Waals surface area contributed by atoms with Crippen molar-refractivity contribution < 1.29 is 19.1 Å². The number of carbonyl (C=O) groups excluding carboxylic acids is 2. The van der Waals surface area contributed by atoms with Gasteiger partial charge in [-0.15, -0.1) is 0 Å². The van der Waals surface area contributed by atoms with Crippen LogP contribution in [0.2, 0.25) is 0 Å². The lowest BCUT2D eigenvalue weighted by molar-refractivity contribution is -0.149. The summed E-state index contributed by atoms with van der Waals surface area (Å²) in [5.74, 6) is 0.735. The molecule has 7 heteroatoms. The topological polar surface area (TPSA) is 52.6 Å². The number of esters is 1. The molecular formula is C20H29Cl3O4. The van der Waals surface area contributed by atoms with Gasteiger partial charge in [-0.25, -0.2) is 4.79 Å². The fraction of sp³-hybridized carbons (Fsp3) is 0.800. The van der Waals surface area contributed by atoms with Gasteiger partial charge in [-0.05, 0) is 63.7 Å². The summed E-state index contributed by atoms with van der Waals surface area (Å²) in [6.45, 7) is 9.15. The van der Waals surface area contributed by atoms with Crippen LogP contribution in [0.15, 0.2) is 11.6 Å². The van der Waals surface area contributed by atoms with E-state index in [0.717, 1.165) is 25.7 Å². The third kappa shape index (κ3) is 5.33. The summed E-state index contributed by atoms with van der Waals surface area (Å²) in [5, 5.41) is 0. The van der Waals surface area contributed by atoms with E-state index in [0.29, 0.717) is 17.8 Å². The molecule has 0 amide bonds. The number of allylic oxidation sites excluding steroid dienone is 2. The number of ether oxygens (including phenoxy) is 2. The lowest BCUT2D eigenvalue weighted by atomic mass is 9.60. The first kappa shape index (κ1) is 22.8. The second-order valence-electron chi connectivity index (χ2n) is 8.58. The second-order valence-corrected chi connectivity index (χ2v) is 10.9. The molecule has 2 aliphatic carbocycles. The molecule has 0 aliphatic heterocycles. The Morgan fingerprint density at radius 1 is 1.19 bits per heavy atom. The van der Waals surface area contributed by atoms with Gasteiger partial charge in [-0.1, -0.05) is 66.7 Å². The highest BCUT2D eigenvalue weighted by Gasteiger charge is 2.46. The molecule has 0 radical (unpaired) electrons. The van der Waals surface area contributed by atoms with Crippen molar-refractivity contribution in [2.45, 2.75) is 69.7 Å². The van der Waals surface area contributed by atoms with Crippen molar-refractivity contribution in [3.63, 3.8) is 0 Å². The monoisotopic (exact) mass is 438 g/mol. The summed E-state index contributed by atoms with van der Waals surface area (Å²) in [5.41, 5.74) is -0.0490. The highest BCUT2D eigenvalue weighted by atomic mass is 35.6. The Labute approximate surface area is 176 Å². The van der Waals surface area contributed by atoms with Crippen LogP contribution in [-0.4, -0.2) is 21.5 Å². The molecule has 0 aromatic heterocycles. The first-order valence-electron chi connectivity index (χ1n) is 9.52. The quantitative estimate of drug-likeness (QED) is 0.219. The zero-order chi connectivity index (χ0) is 20.6. The minimum atomic E-state index is -1.84. The van der Waals surface area contributed by atoms with Crippen LogP contribution in [0.1, 0.15) is 60.3 Å². The Kier molecular flexibility index (Phi) is 7.19. The van der Waals surface area contributed by atoms with Crippen molar-refractivity contribution in [3.8, 4) is 0 Å². The fourth-order valence-electron chi connectivity index (χ4n) is 4.31. The molecule has 2 rings (SSSR count). The zero-order valence-electron chi connectivity index (χ0n) is 16.6. The minimum absolute atomic E-state index is 0.155. The third-order valence-corrected chi connectivity index (χ3v) is 7.61. The predicted octanol–water partition coefficient (Wildman–Crippen LogP) is 6.47. The van der Waals surface area contributed by atoms with Crippen LogP contribution in [0, 0.1) is 29.6 Å². The van der Waals surface area contributed by atoms with E-state index in [1.807, 2.05) is 6.92 Å². The molecule has 2 aliphatic rings. The van der Waals surface area contributed by atoms with Gasteiger partial charge < -0.3 is 9.47 Å². The minimum Gasteiger partial charge on any atom is -0.423 e. The van der Waals surface area contributed by atoms with E-state index in [9.17, 15) is 9.59 Å². The first-order valence-corrected chi connectivity index (χ1v) is 10.7. The highest BCUT2D eigenvalue weighted by molar-refractivity contribution is 6.68. The van der Waals surface area contributed by atoms with E-state index in [2.05, 4.69) is 19.9 Å². The Morgan fingerprint density at radius 2 is 1.81 bits per heavy atom. The summed E-state index contributed by atoms with van der Waals surface area (Å²) < 4.78 is 8.16. The third-order valence-electron chi connectivity index (χ3n) is 6.24. The zero-order valence-corrected chi connectivity index (χ0v) is 18.8. The molecular weight excluding hydrogens is 411 g/mol. The second kappa shape index (κ2) is 8.51. The van der Waals surface area contributed by atoms with Crippen LogP contribution in [0.4, 0.5) is 4.79 Å². The van der Waals surface area contributed by atoms with Gasteiger partial charge in [0.05, 0.1) is 5.92 Å². The Balaban J connectivity index is 2.04. The van der Waals surface area contributed by atoms with Crippen LogP contribution in [0.5, 0.6) is 0 Å². The summed E-state index contributed by atoms with van der Waals surface area (Å²) in [4.78, 5) is 24.6. The number of carbonyl (C=O) groups is 2. The Morgan fingerprint density at radius 3 is 2.41 bits per heavy atom. The molecule has 154 valence electrons. The van der Waals surface area contributed by atoms with Gasteiger partial charge in [0.2, 0.25) is 3.79 Å². The molecule has 0 bridgehead atoms. The Bertz CT molecular complexity index is 609. The average Bonchev–Trinajstić information content (AvgIpc) is 2.52. The molecule has 1 saturated carbocycles. The summed E-state index contributed by atoms with van der Waals surface area (Å²) in [7, 11) is 0. The number of hydrogen-bond acceptors (Lipinski definition) is 4. The fourth-order valence-corrected chi connectivity index (χ4v) is 4.43. The molecule has 0 heterocycles. The van der Waals surface area contributed by atoms with Crippen LogP contribution >= 0.6 is 34.8 Å². The number of halogens is 3.